The molecule has 1 N–H and O–H groups in total. The van der Waals surface area contributed by atoms with E-state index in [0.29, 0.717) is 18.8 Å². The maximum absolute atomic E-state index is 11.3. The maximum Gasteiger partial charge on any atom is 0.385 e. The number of aliphatic hydroxyl groups excluding tert-OH is 1. The first-order chi connectivity index (χ1) is 13.2. The van der Waals surface area contributed by atoms with Gasteiger partial charge in [0, 0.05) is 37.6 Å². The molecular formula is C22H36N2O3. The Bertz CT molecular complexity index is 504. The summed E-state index contributed by atoms with van der Waals surface area (Å²) in [5.41, 5.74) is 0. The summed E-state index contributed by atoms with van der Waals surface area (Å²) < 4.78 is 5.17. The first-order valence-corrected chi connectivity index (χ1v) is 10.9. The Balaban J connectivity index is 1.61. The molecule has 5 nitrogen and oxygen atoms in total. The highest BCUT2D eigenvalue weighted by molar-refractivity contribution is 5.87. The molecule has 5 heteroatoms. The molecule has 0 bridgehead atoms. The Hall–Kier alpha value is -1.09. The lowest BCUT2D eigenvalue weighted by atomic mass is 9.85. The standard InChI is InChI=1S/C22H36N2O3/c1-2-22(26)27-17-23-14-6-9-20(16-23)24(15-18-7-4-3-5-8-18)19-10-12-21(25)13-11-19/h1,18-21,25H,3-17H2. The van der Waals surface area contributed by atoms with E-state index in [0.717, 1.165) is 51.1 Å². The molecule has 1 unspecified atom stereocenters. The summed E-state index contributed by atoms with van der Waals surface area (Å²) in [7, 11) is 0. The SMILES string of the molecule is C#CC(=O)OCN1CCCC(N(CC2CCCCC2)C2CCC(O)CC2)C1. The van der Waals surface area contributed by atoms with Crippen molar-refractivity contribution >= 4 is 5.97 Å². The summed E-state index contributed by atoms with van der Waals surface area (Å²) in [6, 6.07) is 1.11. The van der Waals surface area contributed by atoms with Gasteiger partial charge in [-0.1, -0.05) is 19.3 Å². The first-order valence-electron chi connectivity index (χ1n) is 10.9. The maximum atomic E-state index is 11.3. The van der Waals surface area contributed by atoms with Crippen LogP contribution in [0.5, 0.6) is 0 Å². The fourth-order valence-corrected chi connectivity index (χ4v) is 5.26. The molecule has 0 aromatic rings. The minimum absolute atomic E-state index is 0.108. The van der Waals surface area contributed by atoms with E-state index in [1.54, 1.807) is 0 Å². The van der Waals surface area contributed by atoms with E-state index in [-0.39, 0.29) is 6.10 Å². The monoisotopic (exact) mass is 376 g/mol. The van der Waals surface area contributed by atoms with Gasteiger partial charge in [0.05, 0.1) is 6.10 Å². The van der Waals surface area contributed by atoms with E-state index in [9.17, 15) is 9.90 Å². The fraction of sp³-hybridized carbons (Fsp3) is 0.864. The summed E-state index contributed by atoms with van der Waals surface area (Å²) in [6.45, 7) is 3.42. The van der Waals surface area contributed by atoms with Gasteiger partial charge in [-0.15, -0.1) is 6.42 Å². The average molecular weight is 377 g/mol. The van der Waals surface area contributed by atoms with Gasteiger partial charge in [-0.3, -0.25) is 9.80 Å². The van der Waals surface area contributed by atoms with Gasteiger partial charge in [-0.25, -0.2) is 4.79 Å². The third-order valence-corrected chi connectivity index (χ3v) is 6.77. The number of rotatable bonds is 6. The molecule has 3 aliphatic rings. The fourth-order valence-electron chi connectivity index (χ4n) is 5.26. The minimum Gasteiger partial charge on any atom is -0.440 e. The zero-order valence-corrected chi connectivity index (χ0v) is 16.7. The highest BCUT2D eigenvalue weighted by Crippen LogP contribution is 2.32. The van der Waals surface area contributed by atoms with Gasteiger partial charge in [0.2, 0.25) is 0 Å². The van der Waals surface area contributed by atoms with Gasteiger partial charge in [0.15, 0.2) is 0 Å². The molecular weight excluding hydrogens is 340 g/mol. The second-order valence-electron chi connectivity index (χ2n) is 8.74. The van der Waals surface area contributed by atoms with Crippen LogP contribution in [0.25, 0.3) is 0 Å². The van der Waals surface area contributed by atoms with Crippen LogP contribution in [0.3, 0.4) is 0 Å². The third-order valence-electron chi connectivity index (χ3n) is 6.77. The van der Waals surface area contributed by atoms with E-state index in [1.807, 2.05) is 5.92 Å². The van der Waals surface area contributed by atoms with Crippen LogP contribution in [0.1, 0.15) is 70.6 Å². The summed E-state index contributed by atoms with van der Waals surface area (Å²) in [6.07, 6.45) is 18.3. The molecule has 1 atom stereocenters. The molecule has 0 spiro atoms. The van der Waals surface area contributed by atoms with Crippen molar-refractivity contribution in [3.05, 3.63) is 0 Å². The van der Waals surface area contributed by atoms with Crippen LogP contribution in [0.15, 0.2) is 0 Å². The minimum atomic E-state index is -0.572. The van der Waals surface area contributed by atoms with Crippen molar-refractivity contribution in [1.29, 1.82) is 0 Å². The van der Waals surface area contributed by atoms with E-state index >= 15 is 0 Å². The molecule has 3 rings (SSSR count). The second-order valence-corrected chi connectivity index (χ2v) is 8.74. The van der Waals surface area contributed by atoms with Gasteiger partial charge >= 0.3 is 5.97 Å². The van der Waals surface area contributed by atoms with E-state index in [4.69, 9.17) is 11.2 Å². The van der Waals surface area contributed by atoms with E-state index in [2.05, 4.69) is 9.80 Å². The lowest BCUT2D eigenvalue weighted by Gasteiger charge is -2.46. The average Bonchev–Trinajstić information content (AvgIpc) is 2.72. The van der Waals surface area contributed by atoms with Crippen molar-refractivity contribution in [2.24, 2.45) is 5.92 Å². The molecule has 1 saturated heterocycles. The number of aliphatic hydroxyl groups is 1. The molecule has 2 saturated carbocycles. The Kier molecular flexibility index (Phi) is 7.99. The lowest BCUT2D eigenvalue weighted by Crippen LogP contribution is -2.54. The van der Waals surface area contributed by atoms with Crippen molar-refractivity contribution in [2.45, 2.75) is 88.8 Å². The van der Waals surface area contributed by atoms with Crippen LogP contribution < -0.4 is 0 Å². The molecule has 152 valence electrons. The molecule has 1 aliphatic heterocycles. The largest absolute Gasteiger partial charge is 0.440 e. The predicted octanol–water partition coefficient (Wildman–Crippen LogP) is 2.77. The number of hydrogen-bond donors (Lipinski definition) is 1. The zero-order chi connectivity index (χ0) is 19.1. The van der Waals surface area contributed by atoms with Crippen molar-refractivity contribution in [2.75, 3.05) is 26.4 Å². The van der Waals surface area contributed by atoms with E-state index < -0.39 is 5.97 Å². The molecule has 0 radical (unpaired) electrons. The summed E-state index contributed by atoms with van der Waals surface area (Å²) in [5, 5.41) is 9.94. The quantitative estimate of drug-likeness (QED) is 0.439. The van der Waals surface area contributed by atoms with E-state index in [1.165, 1.54) is 45.1 Å². The number of ether oxygens (including phenoxy) is 1. The molecule has 0 amide bonds. The second kappa shape index (κ2) is 10.5. The van der Waals surface area contributed by atoms with Crippen molar-refractivity contribution < 1.29 is 14.6 Å². The number of hydrogen-bond acceptors (Lipinski definition) is 5. The predicted molar refractivity (Wildman–Crippen MR) is 106 cm³/mol. The Labute approximate surface area is 164 Å². The lowest BCUT2D eigenvalue weighted by molar-refractivity contribution is -0.142. The summed E-state index contributed by atoms with van der Waals surface area (Å²) >= 11 is 0. The van der Waals surface area contributed by atoms with Crippen molar-refractivity contribution in [3.8, 4) is 12.3 Å². The van der Waals surface area contributed by atoms with Crippen LogP contribution in [0.2, 0.25) is 0 Å². The molecule has 0 aromatic heterocycles. The van der Waals surface area contributed by atoms with Gasteiger partial charge < -0.3 is 9.84 Å². The number of piperidine rings is 1. The van der Waals surface area contributed by atoms with Crippen molar-refractivity contribution in [1.82, 2.24) is 9.80 Å². The molecule has 2 aliphatic carbocycles. The normalized spacial score (nSPS) is 30.8. The van der Waals surface area contributed by atoms with Crippen LogP contribution >= 0.6 is 0 Å². The van der Waals surface area contributed by atoms with Crippen LogP contribution in [-0.4, -0.2) is 65.4 Å². The van der Waals surface area contributed by atoms with Crippen LogP contribution in [-0.2, 0) is 9.53 Å². The first kappa shape index (κ1) is 20.6. The van der Waals surface area contributed by atoms with Gasteiger partial charge in [0.25, 0.3) is 0 Å². The molecule has 27 heavy (non-hydrogen) atoms. The topological polar surface area (TPSA) is 53.0 Å². The van der Waals surface area contributed by atoms with Crippen LogP contribution in [0.4, 0.5) is 0 Å². The van der Waals surface area contributed by atoms with Gasteiger partial charge in [-0.2, -0.15) is 0 Å². The highest BCUT2D eigenvalue weighted by Gasteiger charge is 2.34. The van der Waals surface area contributed by atoms with Crippen LogP contribution in [0, 0.1) is 18.3 Å². The number of terminal acetylenes is 1. The Morgan fingerprint density at radius 3 is 2.48 bits per heavy atom. The summed E-state index contributed by atoms with van der Waals surface area (Å²) in [5.74, 6) is 2.27. The highest BCUT2D eigenvalue weighted by atomic mass is 16.5. The number of esters is 1. The Morgan fingerprint density at radius 1 is 1.04 bits per heavy atom. The van der Waals surface area contributed by atoms with Crippen molar-refractivity contribution in [3.63, 3.8) is 0 Å². The number of carbonyl (C=O) groups is 1. The summed E-state index contributed by atoms with van der Waals surface area (Å²) in [4.78, 5) is 16.3. The third kappa shape index (κ3) is 6.20. The number of likely N-dealkylation sites (tertiary alicyclic amines) is 1. The van der Waals surface area contributed by atoms with Gasteiger partial charge in [0.1, 0.15) is 6.73 Å². The zero-order valence-electron chi connectivity index (χ0n) is 16.7. The van der Waals surface area contributed by atoms with Gasteiger partial charge in [-0.05, 0) is 57.3 Å². The molecule has 1 heterocycles. The Morgan fingerprint density at radius 2 is 1.78 bits per heavy atom. The number of nitrogens with zero attached hydrogens (tertiary/aromatic N) is 2. The number of carbonyl (C=O) groups excluding carboxylic acids is 1. The molecule has 0 aromatic carbocycles. The molecule has 3 fully saturated rings. The smallest absolute Gasteiger partial charge is 0.385 e.